The molecule has 3 aromatic rings. The van der Waals surface area contributed by atoms with Crippen LogP contribution >= 0.6 is 0 Å². The second-order valence-corrected chi connectivity index (χ2v) is 7.96. The topological polar surface area (TPSA) is 61.6 Å². The number of aromatic nitrogens is 1. The molecule has 1 aliphatic rings. The van der Waals surface area contributed by atoms with Crippen molar-refractivity contribution in [2.45, 2.75) is 19.8 Å². The van der Waals surface area contributed by atoms with Gasteiger partial charge >= 0.3 is 0 Å². The lowest BCUT2D eigenvalue weighted by molar-refractivity contribution is 0.0951. The van der Waals surface area contributed by atoms with E-state index in [0.29, 0.717) is 23.6 Å². The largest absolute Gasteiger partial charge is 0.369 e. The summed E-state index contributed by atoms with van der Waals surface area (Å²) in [5.74, 6) is 0.432. The number of amides is 1. The Labute approximate surface area is 183 Å². The van der Waals surface area contributed by atoms with Crippen LogP contribution in [0, 0.1) is 6.92 Å². The van der Waals surface area contributed by atoms with Crippen LogP contribution in [0.15, 0.2) is 65.2 Å². The Balaban J connectivity index is 1.18. The third-order valence-electron chi connectivity index (χ3n) is 5.82. The summed E-state index contributed by atoms with van der Waals surface area (Å²) >= 11 is 0. The second-order valence-electron chi connectivity index (χ2n) is 7.96. The molecule has 0 unspecified atom stereocenters. The molecule has 0 bridgehead atoms. The number of rotatable bonds is 8. The van der Waals surface area contributed by atoms with Crippen LogP contribution in [-0.4, -0.2) is 55.2 Å². The normalized spacial score (nSPS) is 14.5. The number of piperazine rings is 1. The smallest absolute Gasteiger partial charge is 0.257 e. The molecule has 1 fully saturated rings. The number of anilines is 1. The van der Waals surface area contributed by atoms with Gasteiger partial charge in [-0.3, -0.25) is 9.69 Å². The number of hydrogen-bond donors (Lipinski definition) is 1. The first kappa shape index (κ1) is 21.1. The molecule has 0 atom stereocenters. The number of para-hydroxylation sites is 1. The Hall–Kier alpha value is -3.12. The van der Waals surface area contributed by atoms with Gasteiger partial charge in [0.05, 0.1) is 0 Å². The fraction of sp³-hybridized carbons (Fsp3) is 0.360. The summed E-state index contributed by atoms with van der Waals surface area (Å²) < 4.78 is 5.30. The molecule has 162 valence electrons. The van der Waals surface area contributed by atoms with Crippen molar-refractivity contribution in [3.05, 3.63) is 72.0 Å². The van der Waals surface area contributed by atoms with Crippen molar-refractivity contribution in [2.75, 3.05) is 44.2 Å². The van der Waals surface area contributed by atoms with E-state index in [0.717, 1.165) is 51.1 Å². The van der Waals surface area contributed by atoms with Crippen molar-refractivity contribution < 1.29 is 9.32 Å². The predicted molar refractivity (Wildman–Crippen MR) is 123 cm³/mol. The highest BCUT2D eigenvalue weighted by Gasteiger charge is 2.21. The van der Waals surface area contributed by atoms with E-state index in [1.165, 1.54) is 5.69 Å². The molecular weight excluding hydrogens is 388 g/mol. The maximum atomic E-state index is 12.7. The number of nitrogens with zero attached hydrogens (tertiary/aromatic N) is 3. The number of carbonyl (C=O) groups excluding carboxylic acids is 1. The molecule has 0 radical (unpaired) electrons. The minimum absolute atomic E-state index is 0.117. The third kappa shape index (κ3) is 5.33. The van der Waals surface area contributed by atoms with E-state index in [4.69, 9.17) is 4.52 Å². The van der Waals surface area contributed by atoms with Gasteiger partial charge in [-0.05, 0) is 38.4 Å². The summed E-state index contributed by atoms with van der Waals surface area (Å²) in [4.78, 5) is 17.7. The molecule has 1 amide bonds. The lowest BCUT2D eigenvalue weighted by Crippen LogP contribution is -2.46. The Bertz CT molecular complexity index is 964. The van der Waals surface area contributed by atoms with Crippen LogP contribution in [0.2, 0.25) is 0 Å². The number of unbranched alkanes of at least 4 members (excludes halogenated alkanes) is 1. The molecule has 6 nitrogen and oxygen atoms in total. The average molecular weight is 419 g/mol. The zero-order chi connectivity index (χ0) is 21.5. The maximum absolute atomic E-state index is 12.7. The first-order chi connectivity index (χ1) is 15.2. The molecule has 2 heterocycles. The molecule has 2 aromatic carbocycles. The molecule has 1 N–H and O–H groups in total. The van der Waals surface area contributed by atoms with Gasteiger partial charge in [0, 0.05) is 44.0 Å². The van der Waals surface area contributed by atoms with E-state index in [1.807, 2.05) is 30.3 Å². The van der Waals surface area contributed by atoms with Gasteiger partial charge in [0.1, 0.15) is 17.0 Å². The third-order valence-corrected chi connectivity index (χ3v) is 5.82. The van der Waals surface area contributed by atoms with E-state index in [1.54, 1.807) is 6.92 Å². The van der Waals surface area contributed by atoms with Crippen LogP contribution in [0.3, 0.4) is 0 Å². The molecule has 31 heavy (non-hydrogen) atoms. The minimum atomic E-state index is -0.117. The molecule has 0 aliphatic carbocycles. The van der Waals surface area contributed by atoms with Gasteiger partial charge in [0.25, 0.3) is 5.91 Å². The van der Waals surface area contributed by atoms with Crippen LogP contribution < -0.4 is 10.2 Å². The Kier molecular flexibility index (Phi) is 6.99. The first-order valence-corrected chi connectivity index (χ1v) is 11.0. The SMILES string of the molecule is Cc1onc(-c2ccccc2)c1C(=O)NCCCCN1CCN(c2ccccc2)CC1. The quantitative estimate of drug-likeness (QED) is 0.561. The summed E-state index contributed by atoms with van der Waals surface area (Å²) in [6.07, 6.45) is 2.02. The summed E-state index contributed by atoms with van der Waals surface area (Å²) in [5, 5.41) is 7.13. The molecule has 1 aromatic heterocycles. The van der Waals surface area contributed by atoms with Crippen molar-refractivity contribution in [2.24, 2.45) is 0 Å². The number of carbonyl (C=O) groups is 1. The summed E-state index contributed by atoms with van der Waals surface area (Å²) in [6.45, 7) is 7.81. The van der Waals surface area contributed by atoms with Gasteiger partial charge in [-0.1, -0.05) is 53.7 Å². The van der Waals surface area contributed by atoms with E-state index in [2.05, 4.69) is 50.6 Å². The van der Waals surface area contributed by atoms with Gasteiger partial charge in [-0.25, -0.2) is 0 Å². The zero-order valence-corrected chi connectivity index (χ0v) is 18.1. The van der Waals surface area contributed by atoms with E-state index in [-0.39, 0.29) is 5.91 Å². The van der Waals surface area contributed by atoms with Crippen LogP contribution in [0.25, 0.3) is 11.3 Å². The summed E-state index contributed by atoms with van der Waals surface area (Å²) in [6, 6.07) is 20.3. The Morgan fingerprint density at radius 3 is 2.35 bits per heavy atom. The number of aryl methyl sites for hydroxylation is 1. The minimum Gasteiger partial charge on any atom is -0.369 e. The fourth-order valence-electron chi connectivity index (χ4n) is 4.05. The van der Waals surface area contributed by atoms with Gasteiger partial charge in [-0.15, -0.1) is 0 Å². The maximum Gasteiger partial charge on any atom is 0.257 e. The molecular formula is C25H30N4O2. The van der Waals surface area contributed by atoms with Crippen LogP contribution in [0.1, 0.15) is 29.0 Å². The monoisotopic (exact) mass is 418 g/mol. The fourth-order valence-corrected chi connectivity index (χ4v) is 4.05. The number of hydrogen-bond acceptors (Lipinski definition) is 5. The lowest BCUT2D eigenvalue weighted by Gasteiger charge is -2.36. The van der Waals surface area contributed by atoms with Crippen LogP contribution in [0.4, 0.5) is 5.69 Å². The highest BCUT2D eigenvalue weighted by molar-refractivity contribution is 6.00. The van der Waals surface area contributed by atoms with Crippen LogP contribution in [-0.2, 0) is 0 Å². The van der Waals surface area contributed by atoms with Crippen molar-refractivity contribution in [3.8, 4) is 11.3 Å². The van der Waals surface area contributed by atoms with Gasteiger partial charge in [-0.2, -0.15) is 0 Å². The first-order valence-electron chi connectivity index (χ1n) is 11.0. The lowest BCUT2D eigenvalue weighted by atomic mass is 10.1. The van der Waals surface area contributed by atoms with Crippen molar-refractivity contribution in [3.63, 3.8) is 0 Å². The highest BCUT2D eigenvalue weighted by atomic mass is 16.5. The Morgan fingerprint density at radius 2 is 1.65 bits per heavy atom. The van der Waals surface area contributed by atoms with E-state index in [9.17, 15) is 4.79 Å². The molecule has 4 rings (SSSR count). The average Bonchev–Trinajstić information content (AvgIpc) is 3.22. The molecule has 1 aliphatic heterocycles. The van der Waals surface area contributed by atoms with Gasteiger partial charge < -0.3 is 14.7 Å². The standard InChI is InChI=1S/C25H30N4O2/c1-20-23(24(27-31-20)21-10-4-2-5-11-21)25(30)26-14-8-9-15-28-16-18-29(19-17-28)22-12-6-3-7-13-22/h2-7,10-13H,8-9,14-19H2,1H3,(H,26,30). The van der Waals surface area contributed by atoms with E-state index >= 15 is 0 Å². The van der Waals surface area contributed by atoms with Gasteiger partial charge in [0.2, 0.25) is 0 Å². The highest BCUT2D eigenvalue weighted by Crippen LogP contribution is 2.24. The molecule has 0 saturated carbocycles. The zero-order valence-electron chi connectivity index (χ0n) is 18.1. The molecule has 1 saturated heterocycles. The van der Waals surface area contributed by atoms with E-state index < -0.39 is 0 Å². The van der Waals surface area contributed by atoms with Gasteiger partial charge in [0.15, 0.2) is 0 Å². The summed E-state index contributed by atoms with van der Waals surface area (Å²) in [7, 11) is 0. The van der Waals surface area contributed by atoms with Crippen molar-refractivity contribution in [1.29, 1.82) is 0 Å². The Morgan fingerprint density at radius 1 is 0.968 bits per heavy atom. The van der Waals surface area contributed by atoms with Crippen molar-refractivity contribution >= 4 is 11.6 Å². The summed E-state index contributed by atoms with van der Waals surface area (Å²) in [5.41, 5.74) is 3.33. The second kappa shape index (κ2) is 10.3. The molecule has 0 spiro atoms. The number of benzene rings is 2. The predicted octanol–water partition coefficient (Wildman–Crippen LogP) is 3.98. The van der Waals surface area contributed by atoms with Crippen molar-refractivity contribution in [1.82, 2.24) is 15.4 Å². The molecule has 6 heteroatoms. The number of nitrogens with one attached hydrogen (secondary N) is 1. The van der Waals surface area contributed by atoms with Crippen LogP contribution in [0.5, 0.6) is 0 Å².